The van der Waals surface area contributed by atoms with Crippen LogP contribution in [0.15, 0.2) is 283 Å². The fourth-order valence-corrected chi connectivity index (χ4v) is 18.5. The number of aromatic nitrogens is 2. The third kappa shape index (κ3) is 12.8. The number of nitrogens with zero attached hydrogens (tertiary/aromatic N) is 4. The molecule has 5 nitrogen and oxygen atoms in total. The minimum absolute atomic E-state index is 0.104. The van der Waals surface area contributed by atoms with Crippen LogP contribution in [0.5, 0.6) is 0 Å². The molecule has 0 spiro atoms. The highest BCUT2D eigenvalue weighted by Gasteiger charge is 2.46. The lowest BCUT2D eigenvalue weighted by atomic mass is 9.33. The molecule has 0 fully saturated rings. The Bertz CT molecular complexity index is 7100. The number of rotatable bonds is 8. The number of hydrogen-bond donors (Lipinski definition) is 0. The van der Waals surface area contributed by atoms with E-state index >= 15 is 0 Å². The van der Waals surface area contributed by atoms with Crippen LogP contribution in [-0.2, 0) is 37.9 Å². The van der Waals surface area contributed by atoms with Crippen molar-refractivity contribution in [2.45, 2.75) is 183 Å². The highest BCUT2D eigenvalue weighted by Crippen LogP contribution is 2.53. The molecule has 0 N–H and O–H groups in total. The zero-order chi connectivity index (χ0) is 86.9. The van der Waals surface area contributed by atoms with E-state index in [1.54, 1.807) is 0 Å². The van der Waals surface area contributed by atoms with Gasteiger partial charge in [-0.25, -0.2) is 0 Å². The molecule has 6 heteroatoms. The first-order valence-electron chi connectivity index (χ1n) is 44.7. The molecule has 0 aliphatic carbocycles. The minimum Gasteiger partial charge on any atom is -0.452 e. The number of para-hydroxylation sites is 2. The lowest BCUT2D eigenvalue weighted by Gasteiger charge is -2.45. The highest BCUT2D eigenvalue weighted by molar-refractivity contribution is 7.00. The molecule has 2 aliphatic rings. The van der Waals surface area contributed by atoms with E-state index in [9.17, 15) is 5.48 Å². The van der Waals surface area contributed by atoms with E-state index in [0.717, 1.165) is 144 Å². The van der Waals surface area contributed by atoms with Crippen LogP contribution in [-0.4, -0.2) is 15.8 Å². The molecule has 0 saturated carbocycles. The Hall–Kier alpha value is -11.9. The molecule has 5 heterocycles. The third-order valence-corrected chi connectivity index (χ3v) is 25.4. The van der Waals surface area contributed by atoms with E-state index in [0.29, 0.717) is 11.1 Å². The molecule has 19 rings (SSSR count). The molecule has 17 aromatic rings. The Labute approximate surface area is 705 Å². The molecule has 2 aliphatic heterocycles. The second-order valence-corrected chi connectivity index (χ2v) is 40.8. The zero-order valence-electron chi connectivity index (χ0n) is 77.4. The number of fused-ring (bicyclic) bond motifs is 13. The van der Waals surface area contributed by atoms with E-state index in [4.69, 9.17) is 5.79 Å². The average molecular weight is 1540 g/mol. The Morgan fingerprint density at radius 3 is 1.13 bits per heavy atom. The molecule has 118 heavy (non-hydrogen) atoms. The van der Waals surface area contributed by atoms with Gasteiger partial charge in [-0.1, -0.05) is 321 Å². The Morgan fingerprint density at radius 1 is 0.246 bits per heavy atom. The fraction of sp³-hybridized carbons (Fsp3) is 0.250. The average Bonchev–Trinajstić information content (AvgIpc) is 1.29. The summed E-state index contributed by atoms with van der Waals surface area (Å²) in [5.41, 5.74) is 30.9. The van der Waals surface area contributed by atoms with Gasteiger partial charge in [-0.05, 0) is 241 Å². The molecule has 0 radical (unpaired) electrons. The lowest BCUT2D eigenvalue weighted by molar-refractivity contribution is 0.569. The van der Waals surface area contributed by atoms with Crippen LogP contribution >= 0.6 is 0 Å². The van der Waals surface area contributed by atoms with Gasteiger partial charge in [-0.3, -0.25) is 0 Å². The molecule has 0 unspecified atom stereocenters. The molecular weight excluding hydrogens is 1430 g/mol. The normalized spacial score (nSPS) is 14.2. The first kappa shape index (κ1) is 70.4. The van der Waals surface area contributed by atoms with Gasteiger partial charge in [0, 0.05) is 60.8 Å². The molecular formula is C112H109BN4O. The zero-order valence-corrected chi connectivity index (χ0v) is 72.4. The molecule has 0 saturated heterocycles. The standard InChI is InChI=1S/C112H109BN4O/c1-106(2,3)76-36-28-35-70(54-76)74-53-73(69-33-26-23-27-34-69)57-83(58-74)115-99-60-72(75-55-81(111(16,17)18)61-82(56-75)112(19,20)21)42-48-91(99)113-92-47-41-71(68-31-24-22-25-32-68)59-100(92)117(102-67-84(66-101(115)103(102)113)114-93-49-43-77(107(4,5)6)62-87(93)88-63-78(108(7,8)9)44-50-94(88)114)98-40-30-38-86-85-37-29-39-97(104(85)118-105(86)98)116-95-51-45-79(109(10,11)12)64-89(95)90-65-80(110(13,14)15)46-52-96(90)116/h22-67H,1-21H3/i22D,24D,25D,31D,32D. The largest absolute Gasteiger partial charge is 0.452 e. The van der Waals surface area contributed by atoms with Crippen LogP contribution in [0.25, 0.3) is 121 Å². The van der Waals surface area contributed by atoms with Crippen LogP contribution in [0.3, 0.4) is 0 Å². The maximum Gasteiger partial charge on any atom is 0.252 e. The minimum atomic E-state index is -0.466. The summed E-state index contributed by atoms with van der Waals surface area (Å²) < 4.78 is 59.8. The Balaban J connectivity index is 0.982. The van der Waals surface area contributed by atoms with Gasteiger partial charge in [0.15, 0.2) is 11.2 Å². The molecule has 0 bridgehead atoms. The van der Waals surface area contributed by atoms with Crippen molar-refractivity contribution in [1.29, 1.82) is 0 Å². The second kappa shape index (κ2) is 26.8. The third-order valence-electron chi connectivity index (χ3n) is 25.4. The van der Waals surface area contributed by atoms with E-state index in [1.807, 2.05) is 6.07 Å². The van der Waals surface area contributed by atoms with E-state index in [-0.39, 0.29) is 55.6 Å². The summed E-state index contributed by atoms with van der Waals surface area (Å²) in [6, 6.07) is 92.2. The summed E-state index contributed by atoms with van der Waals surface area (Å²) in [6.07, 6.45) is 0. The van der Waals surface area contributed by atoms with Gasteiger partial charge < -0.3 is 23.4 Å². The predicted molar refractivity (Wildman–Crippen MR) is 509 cm³/mol. The highest BCUT2D eigenvalue weighted by atomic mass is 16.3. The quantitative estimate of drug-likeness (QED) is 0.142. The lowest BCUT2D eigenvalue weighted by Crippen LogP contribution is -2.61. The van der Waals surface area contributed by atoms with Crippen molar-refractivity contribution in [3.05, 3.63) is 318 Å². The van der Waals surface area contributed by atoms with Gasteiger partial charge in [0.1, 0.15) is 0 Å². The number of furan rings is 1. The summed E-state index contributed by atoms with van der Waals surface area (Å²) in [4.78, 5) is 4.98. The van der Waals surface area contributed by atoms with Crippen molar-refractivity contribution in [2.24, 2.45) is 0 Å². The van der Waals surface area contributed by atoms with Crippen molar-refractivity contribution in [2.75, 3.05) is 9.80 Å². The summed E-state index contributed by atoms with van der Waals surface area (Å²) in [6.45, 7) is 47.8. The van der Waals surface area contributed by atoms with Crippen LogP contribution in [0.1, 0.15) is 191 Å². The monoisotopic (exact) mass is 1540 g/mol. The van der Waals surface area contributed by atoms with Gasteiger partial charge >= 0.3 is 0 Å². The molecule has 0 atom stereocenters. The van der Waals surface area contributed by atoms with Crippen LogP contribution in [0, 0.1) is 0 Å². The number of anilines is 6. The van der Waals surface area contributed by atoms with Gasteiger partial charge in [-0.2, -0.15) is 0 Å². The van der Waals surface area contributed by atoms with Gasteiger partial charge in [0.05, 0.1) is 46.0 Å². The smallest absolute Gasteiger partial charge is 0.252 e. The Kier molecular flexibility index (Phi) is 16.0. The maximum atomic E-state index is 9.77. The number of benzene rings is 14. The fourth-order valence-electron chi connectivity index (χ4n) is 18.5. The van der Waals surface area contributed by atoms with Gasteiger partial charge in [-0.15, -0.1) is 0 Å². The second-order valence-electron chi connectivity index (χ2n) is 40.8. The van der Waals surface area contributed by atoms with Crippen molar-refractivity contribution in [3.8, 4) is 55.9 Å². The van der Waals surface area contributed by atoms with E-state index < -0.39 is 24.8 Å². The predicted octanol–water partition coefficient (Wildman–Crippen LogP) is 29.6. The van der Waals surface area contributed by atoms with Crippen molar-refractivity contribution in [3.63, 3.8) is 0 Å². The van der Waals surface area contributed by atoms with E-state index in [1.165, 1.54) is 49.7 Å². The van der Waals surface area contributed by atoms with Crippen molar-refractivity contribution >= 4 is 123 Å². The number of hydrogen-bond acceptors (Lipinski definition) is 3. The summed E-state index contributed by atoms with van der Waals surface area (Å²) in [5, 5.41) is 6.54. The molecule has 14 aromatic carbocycles. The summed E-state index contributed by atoms with van der Waals surface area (Å²) in [7, 11) is 0. The summed E-state index contributed by atoms with van der Waals surface area (Å²) >= 11 is 0. The molecule has 586 valence electrons. The van der Waals surface area contributed by atoms with Gasteiger partial charge in [0.2, 0.25) is 0 Å². The van der Waals surface area contributed by atoms with Crippen LogP contribution in [0.2, 0.25) is 0 Å². The summed E-state index contributed by atoms with van der Waals surface area (Å²) in [5.74, 6) is 0. The SMILES string of the molecule is [2H]c1c([2H])c([2H])c(-c2ccc3c(c2)N(c2cccc4c2oc2c(-n5c6ccc(C(C)(C)C)cc6c6cc(C(C)(C)C)ccc65)cccc24)c2cc(-n4c5ccc(C(C)(C)C)cc5c5cc(C(C)(C)C)ccc54)cc4c2B3c2ccc(-c3cc(C(C)(C)C)cc(C(C)(C)C)c3)cc2N4c2cc(-c3ccccc3)cc(-c3cccc(C(C)(C)C)c3)c2)c([2H])c1[2H]. The topological polar surface area (TPSA) is 29.5 Å². The van der Waals surface area contributed by atoms with Gasteiger partial charge in [0.25, 0.3) is 6.71 Å². The van der Waals surface area contributed by atoms with Crippen molar-refractivity contribution < 1.29 is 11.3 Å². The molecule has 0 amide bonds. The van der Waals surface area contributed by atoms with Crippen molar-refractivity contribution in [1.82, 2.24) is 9.13 Å². The van der Waals surface area contributed by atoms with Crippen LogP contribution < -0.4 is 26.2 Å². The van der Waals surface area contributed by atoms with E-state index in [2.05, 4.69) is 407 Å². The maximum absolute atomic E-state index is 9.77. The molecule has 3 aromatic heterocycles. The van der Waals surface area contributed by atoms with Crippen LogP contribution in [0.4, 0.5) is 34.1 Å². The first-order chi connectivity index (χ1) is 58.0. The Morgan fingerprint density at radius 2 is 0.636 bits per heavy atom. The first-order valence-corrected chi connectivity index (χ1v) is 42.2.